The number of thiophene rings is 1. The number of hydrogen-bond donors (Lipinski definition) is 2. The van der Waals surface area contributed by atoms with E-state index in [9.17, 15) is 9.59 Å². The van der Waals surface area contributed by atoms with E-state index < -0.39 is 6.04 Å². The molecule has 1 aliphatic heterocycles. The van der Waals surface area contributed by atoms with E-state index in [1.807, 2.05) is 11.4 Å². The first kappa shape index (κ1) is 15.5. The number of aromatic nitrogens is 1. The Morgan fingerprint density at radius 3 is 2.87 bits per heavy atom. The van der Waals surface area contributed by atoms with Crippen LogP contribution in [0.5, 0.6) is 0 Å². The lowest BCUT2D eigenvalue weighted by molar-refractivity contribution is -0.121. The van der Waals surface area contributed by atoms with Crippen molar-refractivity contribution in [2.24, 2.45) is 0 Å². The molecule has 1 aliphatic rings. The number of rotatable bonds is 3. The van der Waals surface area contributed by atoms with Crippen molar-refractivity contribution >= 4 is 34.7 Å². The monoisotopic (exact) mass is 330 g/mol. The minimum absolute atomic E-state index is 0.0738. The zero-order chi connectivity index (χ0) is 16.2. The molecular formula is C16H18N4O2S. The van der Waals surface area contributed by atoms with Gasteiger partial charge in [-0.3, -0.25) is 9.59 Å². The fourth-order valence-corrected chi connectivity index (χ4v) is 3.37. The van der Waals surface area contributed by atoms with Gasteiger partial charge < -0.3 is 16.0 Å². The van der Waals surface area contributed by atoms with Crippen molar-refractivity contribution in [1.29, 1.82) is 0 Å². The molecule has 3 rings (SSSR count). The van der Waals surface area contributed by atoms with E-state index in [4.69, 9.17) is 5.73 Å². The second-order valence-electron chi connectivity index (χ2n) is 5.45. The lowest BCUT2D eigenvalue weighted by Crippen LogP contribution is -2.49. The van der Waals surface area contributed by atoms with Crippen LogP contribution in [0.25, 0.3) is 0 Å². The Morgan fingerprint density at radius 2 is 2.17 bits per heavy atom. The molecule has 1 fully saturated rings. The van der Waals surface area contributed by atoms with Gasteiger partial charge in [0.15, 0.2) is 0 Å². The Labute approximate surface area is 138 Å². The van der Waals surface area contributed by atoms with Crippen LogP contribution in [0.4, 0.5) is 11.5 Å². The average molecular weight is 330 g/mol. The van der Waals surface area contributed by atoms with Gasteiger partial charge in [-0.1, -0.05) is 6.07 Å². The number of nitrogen functional groups attached to an aromatic ring is 1. The number of amides is 2. The van der Waals surface area contributed by atoms with Crippen LogP contribution in [0, 0.1) is 0 Å². The van der Waals surface area contributed by atoms with Gasteiger partial charge in [-0.05, 0) is 42.8 Å². The maximum Gasteiger partial charge on any atom is 0.264 e. The number of piperidine rings is 1. The van der Waals surface area contributed by atoms with Gasteiger partial charge in [-0.15, -0.1) is 11.3 Å². The largest absolute Gasteiger partial charge is 0.384 e. The van der Waals surface area contributed by atoms with E-state index in [1.54, 1.807) is 23.1 Å². The van der Waals surface area contributed by atoms with Crippen LogP contribution in [0.1, 0.15) is 28.9 Å². The van der Waals surface area contributed by atoms with Crippen LogP contribution in [-0.4, -0.2) is 34.3 Å². The lowest BCUT2D eigenvalue weighted by Gasteiger charge is -2.34. The summed E-state index contributed by atoms with van der Waals surface area (Å²) in [6.07, 6.45) is 4.05. The Kier molecular flexibility index (Phi) is 4.57. The molecule has 1 saturated heterocycles. The van der Waals surface area contributed by atoms with Gasteiger partial charge in [0, 0.05) is 6.54 Å². The second-order valence-corrected chi connectivity index (χ2v) is 6.40. The van der Waals surface area contributed by atoms with Gasteiger partial charge in [-0.25, -0.2) is 4.98 Å². The standard InChI is InChI=1S/C16H18N4O2S/c17-14-7-6-11(10-18-14)19-15(21)12-4-1-2-8-20(12)16(22)13-5-3-9-23-13/h3,5-7,9-10,12H,1-2,4,8H2,(H2,17,18)(H,19,21). The summed E-state index contributed by atoms with van der Waals surface area (Å²) in [5, 5.41) is 4.69. The maximum absolute atomic E-state index is 12.6. The molecule has 1 atom stereocenters. The van der Waals surface area contributed by atoms with Crippen LogP contribution in [0.3, 0.4) is 0 Å². The van der Waals surface area contributed by atoms with Gasteiger partial charge >= 0.3 is 0 Å². The average Bonchev–Trinajstić information content (AvgIpc) is 3.11. The maximum atomic E-state index is 12.6. The number of likely N-dealkylation sites (tertiary alicyclic amines) is 1. The molecule has 3 N–H and O–H groups in total. The first-order chi connectivity index (χ1) is 11.1. The molecule has 2 amide bonds. The minimum atomic E-state index is -0.448. The second kappa shape index (κ2) is 6.78. The van der Waals surface area contributed by atoms with Crippen LogP contribution in [0.2, 0.25) is 0 Å². The van der Waals surface area contributed by atoms with Crippen molar-refractivity contribution in [3.8, 4) is 0 Å². The zero-order valence-corrected chi connectivity index (χ0v) is 13.4. The molecule has 2 aromatic heterocycles. The third-order valence-electron chi connectivity index (χ3n) is 3.85. The van der Waals surface area contributed by atoms with Gasteiger partial charge in [0.1, 0.15) is 11.9 Å². The van der Waals surface area contributed by atoms with E-state index in [-0.39, 0.29) is 11.8 Å². The van der Waals surface area contributed by atoms with Gasteiger partial charge in [0.2, 0.25) is 5.91 Å². The summed E-state index contributed by atoms with van der Waals surface area (Å²) < 4.78 is 0. The molecular weight excluding hydrogens is 312 g/mol. The Bertz CT molecular complexity index is 685. The van der Waals surface area contributed by atoms with Crippen LogP contribution >= 0.6 is 11.3 Å². The highest BCUT2D eigenvalue weighted by Crippen LogP contribution is 2.23. The third kappa shape index (κ3) is 3.50. The molecule has 6 nitrogen and oxygen atoms in total. The number of carbonyl (C=O) groups is 2. The van der Waals surface area contributed by atoms with Gasteiger partial charge in [0.05, 0.1) is 16.8 Å². The molecule has 0 spiro atoms. The summed E-state index contributed by atoms with van der Waals surface area (Å²) in [5.74, 6) is 0.145. The SMILES string of the molecule is Nc1ccc(NC(=O)C2CCCCN2C(=O)c2cccs2)cn1. The Hall–Kier alpha value is -2.41. The molecule has 0 radical (unpaired) electrons. The first-order valence-electron chi connectivity index (χ1n) is 7.52. The summed E-state index contributed by atoms with van der Waals surface area (Å²) in [4.78, 5) is 31.5. The molecule has 120 valence electrons. The number of nitrogens with one attached hydrogen (secondary N) is 1. The fourth-order valence-electron chi connectivity index (χ4n) is 2.69. The highest BCUT2D eigenvalue weighted by molar-refractivity contribution is 7.12. The van der Waals surface area contributed by atoms with E-state index in [0.29, 0.717) is 29.3 Å². The number of hydrogen-bond acceptors (Lipinski definition) is 5. The normalized spacial score (nSPS) is 17.7. The number of nitrogens with two attached hydrogens (primary N) is 1. The van der Waals surface area contributed by atoms with Crippen molar-refractivity contribution in [3.63, 3.8) is 0 Å². The molecule has 2 aromatic rings. The molecule has 3 heterocycles. The molecule has 0 aromatic carbocycles. The summed E-state index contributed by atoms with van der Waals surface area (Å²) in [6.45, 7) is 0.606. The Balaban J connectivity index is 1.74. The predicted octanol–water partition coefficient (Wildman–Crippen LogP) is 2.36. The zero-order valence-electron chi connectivity index (χ0n) is 12.6. The number of pyridine rings is 1. The number of anilines is 2. The smallest absolute Gasteiger partial charge is 0.264 e. The summed E-state index contributed by atoms with van der Waals surface area (Å²) in [6, 6.07) is 6.52. The molecule has 1 unspecified atom stereocenters. The highest BCUT2D eigenvalue weighted by atomic mass is 32.1. The molecule has 0 aliphatic carbocycles. The topological polar surface area (TPSA) is 88.3 Å². The highest BCUT2D eigenvalue weighted by Gasteiger charge is 2.33. The van der Waals surface area contributed by atoms with E-state index in [2.05, 4.69) is 10.3 Å². The quantitative estimate of drug-likeness (QED) is 0.904. The molecule has 0 saturated carbocycles. The first-order valence-corrected chi connectivity index (χ1v) is 8.40. The van der Waals surface area contributed by atoms with E-state index in [1.165, 1.54) is 17.5 Å². The van der Waals surface area contributed by atoms with Gasteiger partial charge in [0.25, 0.3) is 5.91 Å². The van der Waals surface area contributed by atoms with Crippen molar-refractivity contribution < 1.29 is 9.59 Å². The van der Waals surface area contributed by atoms with E-state index in [0.717, 1.165) is 12.8 Å². The summed E-state index contributed by atoms with van der Waals surface area (Å²) in [5.41, 5.74) is 6.12. The van der Waals surface area contributed by atoms with Crippen LogP contribution in [0.15, 0.2) is 35.8 Å². The minimum Gasteiger partial charge on any atom is -0.384 e. The van der Waals surface area contributed by atoms with Crippen molar-refractivity contribution in [1.82, 2.24) is 9.88 Å². The van der Waals surface area contributed by atoms with Crippen LogP contribution < -0.4 is 11.1 Å². The van der Waals surface area contributed by atoms with Crippen molar-refractivity contribution in [2.45, 2.75) is 25.3 Å². The summed E-state index contributed by atoms with van der Waals surface area (Å²) in [7, 11) is 0. The lowest BCUT2D eigenvalue weighted by atomic mass is 10.0. The van der Waals surface area contributed by atoms with Crippen molar-refractivity contribution in [2.75, 3.05) is 17.6 Å². The third-order valence-corrected chi connectivity index (χ3v) is 4.71. The van der Waals surface area contributed by atoms with E-state index >= 15 is 0 Å². The van der Waals surface area contributed by atoms with Crippen LogP contribution in [-0.2, 0) is 4.79 Å². The molecule has 0 bridgehead atoms. The van der Waals surface area contributed by atoms with Gasteiger partial charge in [-0.2, -0.15) is 0 Å². The molecule has 7 heteroatoms. The summed E-state index contributed by atoms with van der Waals surface area (Å²) >= 11 is 1.40. The predicted molar refractivity (Wildman–Crippen MR) is 90.3 cm³/mol. The Morgan fingerprint density at radius 1 is 1.30 bits per heavy atom. The number of carbonyl (C=O) groups excluding carboxylic acids is 2. The molecule has 23 heavy (non-hydrogen) atoms. The van der Waals surface area contributed by atoms with Crippen molar-refractivity contribution in [3.05, 3.63) is 40.7 Å². The fraction of sp³-hybridized carbons (Fsp3) is 0.312. The number of nitrogens with zero attached hydrogens (tertiary/aromatic N) is 2.